The van der Waals surface area contributed by atoms with Gasteiger partial charge in [0.15, 0.2) is 0 Å². The molecule has 2 fully saturated rings. The Kier molecular flexibility index (Phi) is 5.82. The van der Waals surface area contributed by atoms with Crippen molar-refractivity contribution < 1.29 is 24.2 Å². The van der Waals surface area contributed by atoms with Gasteiger partial charge in [0.05, 0.1) is 5.92 Å². The molecule has 1 atom stereocenters. The summed E-state index contributed by atoms with van der Waals surface area (Å²) >= 11 is 0. The van der Waals surface area contributed by atoms with Crippen LogP contribution < -0.4 is 5.32 Å². The first-order valence-electron chi connectivity index (χ1n) is 12.4. The molecule has 5 rings (SSSR count). The predicted molar refractivity (Wildman–Crippen MR) is 131 cm³/mol. The van der Waals surface area contributed by atoms with Crippen molar-refractivity contribution in [3.63, 3.8) is 0 Å². The number of hydrogen-bond acceptors (Lipinski definition) is 4. The van der Waals surface area contributed by atoms with Gasteiger partial charge in [-0.2, -0.15) is 0 Å². The van der Waals surface area contributed by atoms with Crippen molar-refractivity contribution in [2.75, 3.05) is 19.7 Å². The Hall–Kier alpha value is -3.35. The number of benzene rings is 2. The topological polar surface area (TPSA) is 95.9 Å². The largest absolute Gasteiger partial charge is 0.481 e. The second kappa shape index (κ2) is 8.70. The fourth-order valence-electron chi connectivity index (χ4n) is 6.20. The number of carbonyl (C=O) groups excluding carboxylic acids is 2. The summed E-state index contributed by atoms with van der Waals surface area (Å²) < 4.78 is 5.72. The van der Waals surface area contributed by atoms with Gasteiger partial charge in [0.25, 0.3) is 0 Å². The molecule has 1 heterocycles. The number of ether oxygens (including phenoxy) is 1. The van der Waals surface area contributed by atoms with Crippen LogP contribution in [0.4, 0.5) is 4.79 Å². The van der Waals surface area contributed by atoms with E-state index in [-0.39, 0.29) is 25.0 Å². The smallest absolute Gasteiger partial charge is 0.408 e. The number of alkyl carbamates (subject to hydrolysis) is 1. The highest BCUT2D eigenvalue weighted by Gasteiger charge is 2.51. The quantitative estimate of drug-likeness (QED) is 0.667. The summed E-state index contributed by atoms with van der Waals surface area (Å²) in [5, 5.41) is 12.5. The molecule has 2 amide bonds. The molecule has 0 spiro atoms. The maximum absolute atomic E-state index is 13.6. The van der Waals surface area contributed by atoms with E-state index in [1.807, 2.05) is 38.1 Å². The highest BCUT2D eigenvalue weighted by Crippen LogP contribution is 2.44. The van der Waals surface area contributed by atoms with Gasteiger partial charge in [0.1, 0.15) is 12.1 Å². The van der Waals surface area contributed by atoms with E-state index in [9.17, 15) is 19.5 Å². The lowest BCUT2D eigenvalue weighted by Crippen LogP contribution is -2.58. The third-order valence-corrected chi connectivity index (χ3v) is 8.08. The zero-order chi connectivity index (χ0) is 24.8. The summed E-state index contributed by atoms with van der Waals surface area (Å²) in [4.78, 5) is 40.0. The van der Waals surface area contributed by atoms with Gasteiger partial charge in [0, 0.05) is 19.0 Å². The number of carboxylic acids is 1. The molecule has 1 saturated heterocycles. The molecular weight excluding hydrogens is 444 g/mol. The standard InChI is InChI=1S/C28H32N2O5/c1-27(2)17-30(15-23(27)24(31)32)25(33)28(13-7-8-14-28)29-26(34)35-16-22-20-11-5-3-9-18(20)19-10-4-6-12-21(19)22/h3-6,9-12,22-23H,7-8,13-17H2,1-2H3,(H,29,34)(H,31,32). The fraction of sp³-hybridized carbons (Fsp3) is 0.464. The van der Waals surface area contributed by atoms with Crippen molar-refractivity contribution in [2.45, 2.75) is 51.0 Å². The van der Waals surface area contributed by atoms with Crippen LogP contribution >= 0.6 is 0 Å². The van der Waals surface area contributed by atoms with Crippen molar-refractivity contribution in [3.05, 3.63) is 59.7 Å². The Balaban J connectivity index is 1.29. The van der Waals surface area contributed by atoms with Crippen LogP contribution in [-0.2, 0) is 14.3 Å². The number of likely N-dealkylation sites (tertiary alicyclic amines) is 1. The van der Waals surface area contributed by atoms with Gasteiger partial charge in [-0.25, -0.2) is 4.79 Å². The van der Waals surface area contributed by atoms with Gasteiger partial charge in [-0.05, 0) is 40.5 Å². The Labute approximate surface area is 205 Å². The van der Waals surface area contributed by atoms with Gasteiger partial charge in [-0.15, -0.1) is 0 Å². The van der Waals surface area contributed by atoms with Crippen LogP contribution in [0.5, 0.6) is 0 Å². The van der Waals surface area contributed by atoms with E-state index in [4.69, 9.17) is 4.74 Å². The summed E-state index contributed by atoms with van der Waals surface area (Å²) in [6, 6.07) is 16.3. The molecule has 7 nitrogen and oxygen atoms in total. The minimum absolute atomic E-state index is 0.0564. The monoisotopic (exact) mass is 476 g/mol. The average molecular weight is 477 g/mol. The molecule has 7 heteroatoms. The summed E-state index contributed by atoms with van der Waals surface area (Å²) in [7, 11) is 0. The predicted octanol–water partition coefficient (Wildman–Crippen LogP) is 4.41. The van der Waals surface area contributed by atoms with Gasteiger partial charge in [0.2, 0.25) is 5.91 Å². The molecule has 2 N–H and O–H groups in total. The zero-order valence-corrected chi connectivity index (χ0v) is 20.3. The molecule has 0 aromatic heterocycles. The zero-order valence-electron chi connectivity index (χ0n) is 20.3. The highest BCUT2D eigenvalue weighted by molar-refractivity contribution is 5.91. The second-order valence-corrected chi connectivity index (χ2v) is 10.8. The number of aliphatic carboxylic acids is 1. The van der Waals surface area contributed by atoms with Crippen molar-refractivity contribution in [3.8, 4) is 11.1 Å². The Bertz CT molecular complexity index is 1120. The van der Waals surface area contributed by atoms with Crippen LogP contribution in [0.2, 0.25) is 0 Å². The van der Waals surface area contributed by atoms with Gasteiger partial charge in [-0.3, -0.25) is 9.59 Å². The Morgan fingerprint density at radius 3 is 2.11 bits per heavy atom. The van der Waals surface area contributed by atoms with E-state index in [1.165, 1.54) is 0 Å². The summed E-state index contributed by atoms with van der Waals surface area (Å²) in [5.74, 6) is -1.77. The molecule has 3 aliphatic rings. The lowest BCUT2D eigenvalue weighted by atomic mass is 9.82. The van der Waals surface area contributed by atoms with E-state index in [0.29, 0.717) is 19.4 Å². The van der Waals surface area contributed by atoms with E-state index in [0.717, 1.165) is 35.1 Å². The van der Waals surface area contributed by atoms with Crippen LogP contribution in [0.15, 0.2) is 48.5 Å². The number of fused-ring (bicyclic) bond motifs is 3. The molecule has 184 valence electrons. The minimum Gasteiger partial charge on any atom is -0.481 e. The molecule has 0 radical (unpaired) electrons. The minimum atomic E-state index is -1.04. The number of carbonyl (C=O) groups is 3. The Morgan fingerprint density at radius 2 is 1.57 bits per heavy atom. The number of nitrogens with one attached hydrogen (secondary N) is 1. The van der Waals surface area contributed by atoms with E-state index < -0.39 is 28.9 Å². The average Bonchev–Trinajstić information content (AvgIpc) is 3.52. The molecule has 1 unspecified atom stereocenters. The van der Waals surface area contributed by atoms with E-state index >= 15 is 0 Å². The SMILES string of the molecule is CC1(C)CN(C(=O)C2(NC(=O)OCC3c4ccccc4-c4ccccc43)CCCC2)CC1C(=O)O. The number of nitrogens with zero attached hydrogens (tertiary/aromatic N) is 1. The lowest BCUT2D eigenvalue weighted by molar-refractivity contribution is -0.144. The summed E-state index contributed by atoms with van der Waals surface area (Å²) in [6.07, 6.45) is 2.12. The summed E-state index contributed by atoms with van der Waals surface area (Å²) in [5.41, 5.74) is 3.02. The Morgan fingerprint density at radius 1 is 1.00 bits per heavy atom. The second-order valence-electron chi connectivity index (χ2n) is 10.8. The van der Waals surface area contributed by atoms with E-state index in [2.05, 4.69) is 29.6 Å². The van der Waals surface area contributed by atoms with Crippen LogP contribution in [0, 0.1) is 11.3 Å². The van der Waals surface area contributed by atoms with Crippen LogP contribution in [0.1, 0.15) is 56.6 Å². The number of amides is 2. The van der Waals surface area contributed by atoms with Crippen molar-refractivity contribution in [1.82, 2.24) is 10.2 Å². The van der Waals surface area contributed by atoms with Crippen molar-refractivity contribution >= 4 is 18.0 Å². The van der Waals surface area contributed by atoms with Gasteiger partial charge in [-0.1, -0.05) is 75.2 Å². The number of hydrogen-bond donors (Lipinski definition) is 2. The fourth-order valence-corrected chi connectivity index (χ4v) is 6.20. The molecule has 2 aromatic rings. The van der Waals surface area contributed by atoms with Crippen LogP contribution in [0.3, 0.4) is 0 Å². The maximum atomic E-state index is 13.6. The lowest BCUT2D eigenvalue weighted by Gasteiger charge is -2.33. The van der Waals surface area contributed by atoms with Crippen molar-refractivity contribution in [1.29, 1.82) is 0 Å². The van der Waals surface area contributed by atoms with Crippen LogP contribution in [0.25, 0.3) is 11.1 Å². The molecule has 2 aromatic carbocycles. The maximum Gasteiger partial charge on any atom is 0.408 e. The molecule has 1 aliphatic heterocycles. The van der Waals surface area contributed by atoms with Crippen LogP contribution in [-0.4, -0.2) is 53.2 Å². The molecule has 0 bridgehead atoms. The molecule has 35 heavy (non-hydrogen) atoms. The molecule has 1 saturated carbocycles. The molecular formula is C28H32N2O5. The first-order chi connectivity index (χ1) is 16.7. The third-order valence-electron chi connectivity index (χ3n) is 8.08. The third kappa shape index (κ3) is 4.07. The first kappa shape index (κ1) is 23.4. The van der Waals surface area contributed by atoms with Gasteiger partial charge < -0.3 is 20.1 Å². The summed E-state index contributed by atoms with van der Waals surface area (Å²) in [6.45, 7) is 4.45. The van der Waals surface area contributed by atoms with E-state index in [1.54, 1.807) is 4.90 Å². The highest BCUT2D eigenvalue weighted by atomic mass is 16.5. The molecule has 2 aliphatic carbocycles. The number of rotatable bonds is 5. The first-order valence-corrected chi connectivity index (χ1v) is 12.4. The van der Waals surface area contributed by atoms with Crippen molar-refractivity contribution in [2.24, 2.45) is 11.3 Å². The number of carboxylic acid groups (broad SMARTS) is 1. The van der Waals surface area contributed by atoms with Gasteiger partial charge >= 0.3 is 12.1 Å². The normalized spacial score (nSPS) is 21.9.